The summed E-state index contributed by atoms with van der Waals surface area (Å²) in [6.45, 7) is 0. The Morgan fingerprint density at radius 1 is 1.23 bits per heavy atom. The van der Waals surface area contributed by atoms with Gasteiger partial charge in [-0.15, -0.1) is 0 Å². The van der Waals surface area contributed by atoms with Gasteiger partial charge in [0.15, 0.2) is 17.2 Å². The first-order chi connectivity index (χ1) is 12.4. The smallest absolute Gasteiger partial charge is 0.205 e. The highest BCUT2D eigenvalue weighted by Gasteiger charge is 2.33. The molecule has 2 aromatic carbocycles. The number of benzene rings is 2. The van der Waals surface area contributed by atoms with Crippen LogP contribution in [-0.2, 0) is 0 Å². The van der Waals surface area contributed by atoms with Gasteiger partial charge in [0.05, 0.1) is 24.6 Å². The number of halogens is 1. The van der Waals surface area contributed by atoms with Crippen molar-refractivity contribution in [1.82, 2.24) is 0 Å². The van der Waals surface area contributed by atoms with Gasteiger partial charge in [-0.1, -0.05) is 6.07 Å². The fourth-order valence-corrected chi connectivity index (χ4v) is 3.60. The number of phenols is 1. The van der Waals surface area contributed by atoms with Crippen molar-refractivity contribution in [2.45, 2.75) is 5.92 Å². The Balaban J connectivity index is 2.29. The molecule has 2 aromatic rings. The zero-order valence-corrected chi connectivity index (χ0v) is 15.6. The first kappa shape index (κ1) is 17.8. The van der Waals surface area contributed by atoms with Gasteiger partial charge in [0.1, 0.15) is 23.1 Å². The van der Waals surface area contributed by atoms with Gasteiger partial charge < -0.3 is 30.8 Å². The largest absolute Gasteiger partial charge is 0.506 e. The van der Waals surface area contributed by atoms with Crippen LogP contribution in [0.1, 0.15) is 17.0 Å². The van der Waals surface area contributed by atoms with Crippen LogP contribution in [0.5, 0.6) is 23.0 Å². The number of phenolic OH excluding ortho intramolecular Hbond substituents is 1. The minimum absolute atomic E-state index is 0.0618. The monoisotopic (exact) mass is 417 g/mol. The number of anilines is 1. The molecule has 0 spiro atoms. The van der Waals surface area contributed by atoms with E-state index >= 15 is 0 Å². The molecule has 0 saturated carbocycles. The fourth-order valence-electron chi connectivity index (χ4n) is 2.98. The molecule has 1 aliphatic rings. The number of hydrogen-bond donors (Lipinski definition) is 3. The molecule has 0 saturated heterocycles. The van der Waals surface area contributed by atoms with Gasteiger partial charge in [0.25, 0.3) is 0 Å². The highest BCUT2D eigenvalue weighted by Crippen LogP contribution is 2.49. The van der Waals surface area contributed by atoms with E-state index in [2.05, 4.69) is 22.0 Å². The molecule has 7 nitrogen and oxygen atoms in total. The van der Waals surface area contributed by atoms with Gasteiger partial charge in [-0.3, -0.25) is 0 Å². The lowest BCUT2D eigenvalue weighted by atomic mass is 9.83. The van der Waals surface area contributed by atoms with Crippen molar-refractivity contribution in [2.24, 2.45) is 5.73 Å². The van der Waals surface area contributed by atoms with Crippen LogP contribution in [-0.4, -0.2) is 19.3 Å². The summed E-state index contributed by atoms with van der Waals surface area (Å²) in [6, 6.07) is 8.78. The molecule has 0 radical (unpaired) electrons. The summed E-state index contributed by atoms with van der Waals surface area (Å²) in [5.41, 5.74) is 13.5. The first-order valence-corrected chi connectivity index (χ1v) is 8.32. The van der Waals surface area contributed by atoms with E-state index in [1.807, 2.05) is 6.07 Å². The molecule has 1 aliphatic heterocycles. The molecular weight excluding hydrogens is 402 g/mol. The summed E-state index contributed by atoms with van der Waals surface area (Å²) in [5.74, 6) is 0.536. The van der Waals surface area contributed by atoms with Crippen molar-refractivity contribution >= 4 is 21.6 Å². The molecule has 1 heterocycles. The Morgan fingerprint density at radius 3 is 2.58 bits per heavy atom. The third-order valence-corrected chi connectivity index (χ3v) is 4.78. The quantitative estimate of drug-likeness (QED) is 0.517. The number of aromatic hydroxyl groups is 1. The van der Waals surface area contributed by atoms with Crippen LogP contribution in [0.25, 0.3) is 0 Å². The van der Waals surface area contributed by atoms with Crippen molar-refractivity contribution < 1.29 is 19.3 Å². The first-order valence-electron chi connectivity index (χ1n) is 7.53. The summed E-state index contributed by atoms with van der Waals surface area (Å²) in [4.78, 5) is 0. The maximum atomic E-state index is 9.87. The summed E-state index contributed by atoms with van der Waals surface area (Å²) in [6.07, 6.45) is 0. The number of allylic oxidation sites excluding steroid dienone is 1. The number of nitrogen functional groups attached to an aromatic ring is 1. The SMILES string of the molecule is COc1cc(C2C(C#N)=C(N)Oc3c2ccc(O)c3N)cc(Br)c1OC. The van der Waals surface area contributed by atoms with E-state index in [0.29, 0.717) is 21.5 Å². The molecule has 1 unspecified atom stereocenters. The van der Waals surface area contributed by atoms with Crippen molar-refractivity contribution in [3.63, 3.8) is 0 Å². The van der Waals surface area contributed by atoms with E-state index < -0.39 is 5.92 Å². The summed E-state index contributed by atoms with van der Waals surface area (Å²) >= 11 is 3.46. The maximum absolute atomic E-state index is 9.87. The second kappa shape index (κ2) is 6.69. The van der Waals surface area contributed by atoms with Crippen molar-refractivity contribution in [2.75, 3.05) is 20.0 Å². The van der Waals surface area contributed by atoms with Crippen LogP contribution >= 0.6 is 15.9 Å². The highest BCUT2D eigenvalue weighted by molar-refractivity contribution is 9.10. The third-order valence-electron chi connectivity index (χ3n) is 4.19. The van der Waals surface area contributed by atoms with E-state index in [9.17, 15) is 10.4 Å². The van der Waals surface area contributed by atoms with Gasteiger partial charge in [0.2, 0.25) is 5.88 Å². The van der Waals surface area contributed by atoms with Crippen LogP contribution in [0.15, 0.2) is 40.2 Å². The predicted molar refractivity (Wildman–Crippen MR) is 99.1 cm³/mol. The summed E-state index contributed by atoms with van der Waals surface area (Å²) in [7, 11) is 3.06. The minimum atomic E-state index is -0.539. The van der Waals surface area contributed by atoms with Crippen LogP contribution in [0.2, 0.25) is 0 Å². The number of fused-ring (bicyclic) bond motifs is 1. The van der Waals surface area contributed by atoms with Gasteiger partial charge in [-0.25, -0.2) is 0 Å². The van der Waals surface area contributed by atoms with E-state index in [-0.39, 0.29) is 28.6 Å². The third kappa shape index (κ3) is 2.66. The zero-order valence-electron chi connectivity index (χ0n) is 14.0. The fraction of sp³-hybridized carbons (Fsp3) is 0.167. The lowest BCUT2D eigenvalue weighted by Crippen LogP contribution is -2.22. The van der Waals surface area contributed by atoms with E-state index in [0.717, 1.165) is 5.56 Å². The molecule has 1 atom stereocenters. The Hall–Kier alpha value is -3.05. The number of ether oxygens (including phenoxy) is 3. The second-order valence-corrected chi connectivity index (χ2v) is 6.43. The molecule has 0 fully saturated rings. The van der Waals surface area contributed by atoms with Crippen molar-refractivity contribution in [3.05, 3.63) is 51.3 Å². The van der Waals surface area contributed by atoms with Gasteiger partial charge in [0, 0.05) is 5.56 Å². The normalized spacial score (nSPS) is 15.7. The molecule has 5 N–H and O–H groups in total. The number of nitrogens with two attached hydrogens (primary N) is 2. The number of rotatable bonds is 3. The van der Waals surface area contributed by atoms with Gasteiger partial charge in [-0.05, 0) is 39.7 Å². The summed E-state index contributed by atoms with van der Waals surface area (Å²) in [5, 5.41) is 19.5. The van der Waals surface area contributed by atoms with E-state index in [4.69, 9.17) is 25.7 Å². The Morgan fingerprint density at radius 2 is 1.96 bits per heavy atom. The lowest BCUT2D eigenvalue weighted by Gasteiger charge is -2.28. The number of nitrogens with zero attached hydrogens (tertiary/aromatic N) is 1. The standard InChI is InChI=1S/C18H16BrN3O4/c1-24-13-6-8(5-11(19)17(13)25-2)14-9-3-4-12(23)15(21)16(9)26-18(22)10(14)7-20/h3-6,14,23H,21-22H2,1-2H3. The molecule has 0 bridgehead atoms. The molecule has 3 rings (SSSR count). The molecule has 26 heavy (non-hydrogen) atoms. The molecule has 0 aromatic heterocycles. The Bertz CT molecular complexity index is 966. The van der Waals surface area contributed by atoms with E-state index in [1.54, 1.807) is 12.1 Å². The van der Waals surface area contributed by atoms with Crippen LogP contribution in [0, 0.1) is 11.3 Å². The Kier molecular flexibility index (Phi) is 4.57. The lowest BCUT2D eigenvalue weighted by molar-refractivity contribution is 0.352. The van der Waals surface area contributed by atoms with E-state index in [1.165, 1.54) is 20.3 Å². The van der Waals surface area contributed by atoms with Gasteiger partial charge in [-0.2, -0.15) is 5.26 Å². The van der Waals surface area contributed by atoms with Crippen molar-refractivity contribution in [3.8, 4) is 29.1 Å². The Labute approximate surface area is 158 Å². The average Bonchev–Trinajstić information content (AvgIpc) is 2.63. The molecule has 134 valence electrons. The highest BCUT2D eigenvalue weighted by atomic mass is 79.9. The maximum Gasteiger partial charge on any atom is 0.205 e. The molecule has 0 aliphatic carbocycles. The minimum Gasteiger partial charge on any atom is -0.506 e. The zero-order chi connectivity index (χ0) is 19.0. The van der Waals surface area contributed by atoms with Crippen molar-refractivity contribution in [1.29, 1.82) is 5.26 Å². The van der Waals surface area contributed by atoms with Gasteiger partial charge >= 0.3 is 0 Å². The number of methoxy groups -OCH3 is 2. The van der Waals surface area contributed by atoms with Crippen LogP contribution in [0.3, 0.4) is 0 Å². The number of nitriles is 1. The second-order valence-electron chi connectivity index (χ2n) is 5.58. The molecular formula is C18H16BrN3O4. The average molecular weight is 418 g/mol. The topological polar surface area (TPSA) is 124 Å². The molecule has 0 amide bonds. The molecule has 8 heteroatoms. The number of hydrogen-bond acceptors (Lipinski definition) is 7. The van der Waals surface area contributed by atoms with Crippen LogP contribution < -0.4 is 25.7 Å². The predicted octanol–water partition coefficient (Wildman–Crippen LogP) is 2.97. The summed E-state index contributed by atoms with van der Waals surface area (Å²) < 4.78 is 16.9. The van der Waals surface area contributed by atoms with Crippen LogP contribution in [0.4, 0.5) is 5.69 Å².